The maximum atomic E-state index is 10.3. The number of furan rings is 1. The minimum Gasteiger partial charge on any atom is -0.498 e. The predicted molar refractivity (Wildman–Crippen MR) is 244 cm³/mol. The van der Waals surface area contributed by atoms with Crippen LogP contribution >= 0.6 is 0 Å². The molecule has 0 aliphatic carbocycles. The monoisotopic (exact) mass is 963 g/mol. The molecule has 0 aliphatic rings. The molecule has 6 heteroatoms. The van der Waals surface area contributed by atoms with Gasteiger partial charge in [-0.15, -0.1) is 53.1 Å². The fourth-order valence-corrected chi connectivity index (χ4v) is 7.90. The first-order chi connectivity index (χ1) is 28.1. The van der Waals surface area contributed by atoms with Crippen molar-refractivity contribution in [2.75, 3.05) is 0 Å². The summed E-state index contributed by atoms with van der Waals surface area (Å²) in [6.45, 7) is 20.0. The van der Waals surface area contributed by atoms with E-state index in [0.717, 1.165) is 72.8 Å². The summed E-state index contributed by atoms with van der Waals surface area (Å²) in [5, 5.41) is 14.6. The van der Waals surface area contributed by atoms with Gasteiger partial charge in [0.15, 0.2) is 0 Å². The average Bonchev–Trinajstić information content (AvgIpc) is 3.77. The van der Waals surface area contributed by atoms with Crippen molar-refractivity contribution in [2.24, 2.45) is 5.41 Å². The van der Waals surface area contributed by atoms with Gasteiger partial charge in [-0.2, -0.15) is 5.26 Å². The average molecular weight is 963 g/mol. The Balaban J connectivity index is 0.000000220. The molecule has 0 saturated heterocycles. The summed E-state index contributed by atoms with van der Waals surface area (Å²) < 4.78 is 9.03. The van der Waals surface area contributed by atoms with E-state index in [1.807, 2.05) is 54.7 Å². The van der Waals surface area contributed by atoms with Gasteiger partial charge < -0.3 is 19.0 Å². The van der Waals surface area contributed by atoms with Crippen LogP contribution in [0, 0.1) is 28.9 Å². The normalized spacial score (nSPS) is 12.0. The SMILES string of the molecule is CC(C)(C)Cc1c[c-]c(-c2ccccn2)c2oc3c(-n4c5ccccc5c5ccccc54)c(C#N)ccc3c12.CC(C)(C)c1ccc(-c2[c-]ccc(C(C)(C)C)c2)nc1.[Ir]. The predicted octanol–water partition coefficient (Wildman–Crippen LogP) is 14.1. The third-order valence-corrected chi connectivity index (χ3v) is 10.9. The third kappa shape index (κ3) is 8.18. The zero-order valence-corrected chi connectivity index (χ0v) is 38.3. The molecule has 4 aromatic heterocycles. The number of benzene rings is 5. The Hall–Kier alpha value is -5.86. The van der Waals surface area contributed by atoms with E-state index in [0.29, 0.717) is 11.1 Å². The summed E-state index contributed by atoms with van der Waals surface area (Å²) in [5.41, 5.74) is 12.6. The van der Waals surface area contributed by atoms with E-state index in [-0.39, 0.29) is 36.4 Å². The molecule has 9 rings (SSSR count). The molecule has 0 amide bonds. The third-order valence-electron chi connectivity index (χ3n) is 10.9. The van der Waals surface area contributed by atoms with Crippen LogP contribution < -0.4 is 0 Å². The van der Waals surface area contributed by atoms with Gasteiger partial charge in [0.05, 0.1) is 22.2 Å². The van der Waals surface area contributed by atoms with E-state index in [2.05, 4.69) is 162 Å². The van der Waals surface area contributed by atoms with Crippen molar-refractivity contribution in [3.63, 3.8) is 0 Å². The zero-order chi connectivity index (χ0) is 41.7. The number of hydrogen-bond donors (Lipinski definition) is 0. The van der Waals surface area contributed by atoms with E-state index in [1.54, 1.807) is 6.20 Å². The largest absolute Gasteiger partial charge is 0.498 e. The Kier molecular flexibility index (Phi) is 11.5. The van der Waals surface area contributed by atoms with Crippen LogP contribution in [0.25, 0.3) is 71.9 Å². The van der Waals surface area contributed by atoms with Crippen molar-refractivity contribution >= 4 is 43.7 Å². The maximum absolute atomic E-state index is 10.3. The van der Waals surface area contributed by atoms with Gasteiger partial charge in [0.2, 0.25) is 0 Å². The van der Waals surface area contributed by atoms with E-state index in [4.69, 9.17) is 4.42 Å². The second-order valence-corrected chi connectivity index (χ2v) is 18.7. The molecule has 0 unspecified atom stereocenters. The number of hydrogen-bond acceptors (Lipinski definition) is 4. The van der Waals surface area contributed by atoms with Gasteiger partial charge in [-0.3, -0.25) is 0 Å². The smallest absolute Gasteiger partial charge is 0.146 e. The van der Waals surface area contributed by atoms with Gasteiger partial charge >= 0.3 is 0 Å². The standard InChI is InChI=1S/C35H26N3O.C19H24N.Ir/c1-35(2,3)20-22-15-17-26(28-12-8-9-19-37-28)33-31(22)27-18-16-23(21-36)32(34(27)39-33)38-29-13-6-4-10-24(29)25-11-5-7-14-30(25)38;1-18(2,3)15-9-7-8-14(12-15)17-11-10-16(13-20-17)19(4,5)6;/h4-16,18-19H,20H2,1-3H3;7,9-13H,1-6H3;/q2*-1;. The second kappa shape index (κ2) is 16.3. The van der Waals surface area contributed by atoms with Crippen molar-refractivity contribution in [3.05, 3.63) is 162 Å². The summed E-state index contributed by atoms with van der Waals surface area (Å²) in [4.78, 5) is 9.22. The molecular weight excluding hydrogens is 913 g/mol. The van der Waals surface area contributed by atoms with Gasteiger partial charge in [0, 0.05) is 48.7 Å². The molecule has 5 aromatic carbocycles. The molecule has 5 nitrogen and oxygen atoms in total. The van der Waals surface area contributed by atoms with Gasteiger partial charge in [-0.05, 0) is 57.5 Å². The topological polar surface area (TPSA) is 67.6 Å². The van der Waals surface area contributed by atoms with E-state index in [1.165, 1.54) is 16.7 Å². The summed E-state index contributed by atoms with van der Waals surface area (Å²) in [6, 6.07) is 48.4. The van der Waals surface area contributed by atoms with Crippen molar-refractivity contribution in [3.8, 4) is 34.3 Å². The number of pyridine rings is 2. The van der Waals surface area contributed by atoms with Crippen LogP contribution in [-0.2, 0) is 37.4 Å². The van der Waals surface area contributed by atoms with Gasteiger partial charge in [-0.1, -0.05) is 146 Å². The maximum Gasteiger partial charge on any atom is 0.146 e. The number of rotatable bonds is 4. The number of fused-ring (bicyclic) bond motifs is 6. The molecule has 0 atom stereocenters. The van der Waals surface area contributed by atoms with Crippen LogP contribution in [0.1, 0.15) is 84.6 Å². The first-order valence-corrected chi connectivity index (χ1v) is 20.3. The summed E-state index contributed by atoms with van der Waals surface area (Å²) in [7, 11) is 0. The first-order valence-electron chi connectivity index (χ1n) is 20.3. The van der Waals surface area contributed by atoms with Gasteiger partial charge in [0.25, 0.3) is 0 Å². The molecule has 1 radical (unpaired) electrons. The Morgan fingerprint density at radius 2 is 1.33 bits per heavy atom. The summed E-state index contributed by atoms with van der Waals surface area (Å²) >= 11 is 0. The molecule has 0 spiro atoms. The Morgan fingerprint density at radius 1 is 0.667 bits per heavy atom. The van der Waals surface area contributed by atoms with Crippen LogP contribution in [-0.4, -0.2) is 14.5 Å². The quantitative estimate of drug-likeness (QED) is 0.165. The summed E-state index contributed by atoms with van der Waals surface area (Å²) in [6.07, 6.45) is 4.63. The Labute approximate surface area is 367 Å². The second-order valence-electron chi connectivity index (χ2n) is 18.7. The number of nitriles is 1. The number of para-hydroxylation sites is 2. The van der Waals surface area contributed by atoms with Gasteiger partial charge in [0.1, 0.15) is 17.3 Å². The molecule has 0 bridgehead atoms. The zero-order valence-electron chi connectivity index (χ0n) is 35.9. The minimum absolute atomic E-state index is 0. The molecule has 0 fully saturated rings. The first kappa shape index (κ1) is 42.3. The minimum atomic E-state index is 0. The van der Waals surface area contributed by atoms with Crippen molar-refractivity contribution < 1.29 is 24.5 Å². The van der Waals surface area contributed by atoms with Crippen LogP contribution in [0.4, 0.5) is 0 Å². The summed E-state index contributed by atoms with van der Waals surface area (Å²) in [5.74, 6) is 0. The molecule has 9 aromatic rings. The fraction of sp³-hybridized carbons (Fsp3) is 0.241. The van der Waals surface area contributed by atoms with Crippen LogP contribution in [0.2, 0.25) is 0 Å². The van der Waals surface area contributed by atoms with E-state index >= 15 is 0 Å². The van der Waals surface area contributed by atoms with Crippen LogP contribution in [0.5, 0.6) is 0 Å². The molecule has 0 N–H and O–H groups in total. The van der Waals surface area contributed by atoms with E-state index < -0.39 is 0 Å². The molecule has 4 heterocycles. The number of aromatic nitrogens is 3. The van der Waals surface area contributed by atoms with Crippen LogP contribution in [0.15, 0.2) is 132 Å². The molecular formula is C54H50IrN4O-2. The fourth-order valence-electron chi connectivity index (χ4n) is 7.90. The Bertz CT molecular complexity index is 2970. The van der Waals surface area contributed by atoms with Crippen molar-refractivity contribution in [1.29, 1.82) is 5.26 Å². The molecule has 60 heavy (non-hydrogen) atoms. The van der Waals surface area contributed by atoms with Gasteiger partial charge in [-0.25, -0.2) is 0 Å². The van der Waals surface area contributed by atoms with E-state index in [9.17, 15) is 5.26 Å². The molecule has 303 valence electrons. The molecule has 0 aliphatic heterocycles. The molecule has 0 saturated carbocycles. The van der Waals surface area contributed by atoms with Crippen LogP contribution in [0.3, 0.4) is 0 Å². The number of nitrogens with zero attached hydrogens (tertiary/aromatic N) is 4. The van der Waals surface area contributed by atoms with Crippen molar-refractivity contribution in [1.82, 2.24) is 14.5 Å². The van der Waals surface area contributed by atoms with Crippen molar-refractivity contribution in [2.45, 2.75) is 79.6 Å². The Morgan fingerprint density at radius 3 is 1.92 bits per heavy atom.